The number of benzene rings is 2. The van der Waals surface area contributed by atoms with Crippen LogP contribution in [0.4, 0.5) is 14.9 Å². The number of nitrogens with one attached hydrogen (secondary N) is 1. The fourth-order valence-electron chi connectivity index (χ4n) is 3.74. The highest BCUT2D eigenvalue weighted by molar-refractivity contribution is 5.90. The van der Waals surface area contributed by atoms with Crippen molar-refractivity contribution in [2.45, 2.75) is 18.8 Å². The van der Waals surface area contributed by atoms with Gasteiger partial charge < -0.3 is 9.84 Å². The molecule has 2 aliphatic heterocycles. The summed E-state index contributed by atoms with van der Waals surface area (Å²) in [7, 11) is 0. The van der Waals surface area contributed by atoms with E-state index in [1.54, 1.807) is 47.4 Å². The van der Waals surface area contributed by atoms with Crippen molar-refractivity contribution >= 4 is 17.5 Å². The van der Waals surface area contributed by atoms with Gasteiger partial charge in [-0.1, -0.05) is 29.5 Å². The second-order valence-electron chi connectivity index (χ2n) is 7.50. The number of hydroxylamine groups is 1. The van der Waals surface area contributed by atoms with Crippen LogP contribution in [0, 0.1) is 5.82 Å². The highest BCUT2D eigenvalue weighted by atomic mass is 19.1. The van der Waals surface area contributed by atoms with Gasteiger partial charge in [0.25, 0.3) is 0 Å². The van der Waals surface area contributed by atoms with Gasteiger partial charge in [-0.05, 0) is 35.4 Å². The summed E-state index contributed by atoms with van der Waals surface area (Å²) in [6.07, 6.45) is 3.72. The van der Waals surface area contributed by atoms with E-state index in [0.717, 1.165) is 11.3 Å². The summed E-state index contributed by atoms with van der Waals surface area (Å²) in [5, 5.41) is 16.8. The third kappa shape index (κ3) is 3.93. The predicted molar refractivity (Wildman–Crippen MR) is 113 cm³/mol. The largest absolute Gasteiger partial charge is 0.442 e. The molecule has 1 saturated heterocycles. The summed E-state index contributed by atoms with van der Waals surface area (Å²) in [6.45, 7) is 0.563. The first kappa shape index (κ1) is 20.2. The molecular weight excluding hydrogens is 417 g/mol. The van der Waals surface area contributed by atoms with Crippen LogP contribution in [0.15, 0.2) is 60.9 Å². The average molecular weight is 437 g/mol. The summed E-state index contributed by atoms with van der Waals surface area (Å²) >= 11 is 0. The molecule has 0 bridgehead atoms. The molecule has 1 unspecified atom stereocenters. The first-order valence-electron chi connectivity index (χ1n) is 10.1. The van der Waals surface area contributed by atoms with Crippen LogP contribution in [0.25, 0.3) is 16.8 Å². The zero-order valence-electron chi connectivity index (χ0n) is 16.9. The number of anilines is 1. The number of ether oxygens (including phenoxy) is 1. The fourth-order valence-corrected chi connectivity index (χ4v) is 3.74. The van der Waals surface area contributed by atoms with Crippen molar-refractivity contribution in [1.29, 1.82) is 0 Å². The van der Waals surface area contributed by atoms with Gasteiger partial charge in [0.2, 0.25) is 0 Å². The Labute approximate surface area is 182 Å². The number of aliphatic hydroxyl groups is 1. The maximum Gasteiger partial charge on any atom is 0.414 e. The molecule has 1 aromatic heterocycles. The first-order chi connectivity index (χ1) is 15.6. The highest BCUT2D eigenvalue weighted by Gasteiger charge is 2.33. The number of carbonyl (C=O) groups excluding carboxylic acids is 1. The molecule has 9 nitrogen and oxygen atoms in total. The van der Waals surface area contributed by atoms with Crippen molar-refractivity contribution in [3.8, 4) is 11.1 Å². The van der Waals surface area contributed by atoms with E-state index in [1.165, 1.54) is 11.0 Å². The van der Waals surface area contributed by atoms with Crippen LogP contribution < -0.4 is 10.4 Å². The predicted octanol–water partition coefficient (Wildman–Crippen LogP) is 2.35. The number of cyclic esters (lactones) is 1. The number of hydrogen-bond donors (Lipinski definition) is 2. The molecule has 2 aromatic carbocycles. The number of halogens is 1. The molecule has 2 atom stereocenters. The van der Waals surface area contributed by atoms with Gasteiger partial charge in [-0.25, -0.2) is 13.9 Å². The topological polar surface area (TPSA) is 102 Å². The van der Waals surface area contributed by atoms with Crippen LogP contribution in [-0.2, 0) is 16.1 Å². The third-order valence-electron chi connectivity index (χ3n) is 5.36. The Kier molecular flexibility index (Phi) is 5.29. The van der Waals surface area contributed by atoms with Crippen molar-refractivity contribution in [1.82, 2.24) is 20.5 Å². The van der Waals surface area contributed by atoms with E-state index in [9.17, 15) is 9.18 Å². The second kappa shape index (κ2) is 8.40. The Morgan fingerprint density at radius 1 is 1.19 bits per heavy atom. The van der Waals surface area contributed by atoms with E-state index >= 15 is 0 Å². The number of rotatable bonds is 6. The number of aromatic nitrogens is 3. The quantitative estimate of drug-likeness (QED) is 0.610. The minimum absolute atomic E-state index is 0.113. The van der Waals surface area contributed by atoms with Crippen molar-refractivity contribution in [2.24, 2.45) is 0 Å². The SMILES string of the molecule is O=C1O[C@@H](Cn2ccnn2)CN1c1ccc(-c2ccc(C3=CC(CO)ON3)cc2)c(F)c1. The van der Waals surface area contributed by atoms with Crippen LogP contribution in [0.5, 0.6) is 0 Å². The van der Waals surface area contributed by atoms with Gasteiger partial charge in [-0.3, -0.25) is 15.2 Å². The fraction of sp³-hybridized carbons (Fsp3) is 0.227. The molecular formula is C22H20FN5O4. The molecule has 0 radical (unpaired) electrons. The van der Waals surface area contributed by atoms with Crippen molar-refractivity contribution in [2.75, 3.05) is 18.1 Å². The van der Waals surface area contributed by atoms with Gasteiger partial charge in [-0.2, -0.15) is 0 Å². The van der Waals surface area contributed by atoms with Gasteiger partial charge in [0.15, 0.2) is 0 Å². The number of aliphatic hydroxyl groups excluding tert-OH is 1. The Balaban J connectivity index is 1.31. The van der Waals surface area contributed by atoms with Crippen LogP contribution in [0.3, 0.4) is 0 Å². The summed E-state index contributed by atoms with van der Waals surface area (Å²) in [5.74, 6) is -0.440. The molecule has 2 aliphatic rings. The molecule has 5 rings (SSSR count). The number of amides is 1. The molecule has 2 N–H and O–H groups in total. The minimum Gasteiger partial charge on any atom is -0.442 e. The smallest absolute Gasteiger partial charge is 0.414 e. The lowest BCUT2D eigenvalue weighted by Crippen LogP contribution is -2.26. The van der Waals surface area contributed by atoms with Gasteiger partial charge >= 0.3 is 6.09 Å². The molecule has 164 valence electrons. The number of hydrogen-bond acceptors (Lipinski definition) is 7. The lowest BCUT2D eigenvalue weighted by Gasteiger charge is -2.14. The van der Waals surface area contributed by atoms with Gasteiger partial charge in [0.1, 0.15) is 18.0 Å². The van der Waals surface area contributed by atoms with E-state index in [0.29, 0.717) is 29.9 Å². The van der Waals surface area contributed by atoms with Crippen LogP contribution in [0.1, 0.15) is 5.56 Å². The van der Waals surface area contributed by atoms with E-state index in [1.807, 2.05) is 12.1 Å². The number of nitrogens with zero attached hydrogens (tertiary/aromatic N) is 4. The summed E-state index contributed by atoms with van der Waals surface area (Å²) in [4.78, 5) is 18.9. The summed E-state index contributed by atoms with van der Waals surface area (Å²) in [6, 6.07) is 12.0. The lowest BCUT2D eigenvalue weighted by molar-refractivity contribution is 0.0173. The minimum atomic E-state index is -0.521. The monoisotopic (exact) mass is 437 g/mol. The maximum atomic E-state index is 14.9. The molecule has 32 heavy (non-hydrogen) atoms. The van der Waals surface area contributed by atoms with Crippen molar-refractivity contribution in [3.05, 3.63) is 72.3 Å². The molecule has 3 aromatic rings. The molecule has 1 amide bonds. The van der Waals surface area contributed by atoms with Gasteiger partial charge in [0.05, 0.1) is 37.3 Å². The van der Waals surface area contributed by atoms with Crippen LogP contribution in [0.2, 0.25) is 0 Å². The van der Waals surface area contributed by atoms with E-state index in [4.69, 9.17) is 14.7 Å². The van der Waals surface area contributed by atoms with Crippen molar-refractivity contribution in [3.63, 3.8) is 0 Å². The van der Waals surface area contributed by atoms with Crippen LogP contribution >= 0.6 is 0 Å². The molecule has 0 saturated carbocycles. The molecule has 10 heteroatoms. The second-order valence-corrected chi connectivity index (χ2v) is 7.50. The zero-order chi connectivity index (χ0) is 22.1. The number of carbonyl (C=O) groups is 1. The standard InChI is InChI=1S/C22H20FN5O4/c23-20-9-16(28-12-18(31-22(28)30)11-27-8-7-24-26-27)5-6-19(20)14-1-3-15(4-2-14)21-10-17(13-29)32-25-21/h1-10,17-18,25,29H,11-13H2/t17?,18-/m0/s1. The Bertz CT molecular complexity index is 1150. The summed E-state index contributed by atoms with van der Waals surface area (Å²) < 4.78 is 21.9. The maximum absolute atomic E-state index is 14.9. The Morgan fingerprint density at radius 2 is 2.00 bits per heavy atom. The van der Waals surface area contributed by atoms with Crippen molar-refractivity contribution < 1.29 is 23.9 Å². The Morgan fingerprint density at radius 3 is 2.69 bits per heavy atom. The normalized spacial score (nSPS) is 20.2. The molecule has 0 spiro atoms. The zero-order valence-corrected chi connectivity index (χ0v) is 16.9. The van der Waals surface area contributed by atoms with Crippen LogP contribution in [-0.4, -0.2) is 51.6 Å². The summed E-state index contributed by atoms with van der Waals surface area (Å²) in [5.41, 5.74) is 5.94. The lowest BCUT2D eigenvalue weighted by atomic mass is 10.0. The van der Waals surface area contributed by atoms with Gasteiger partial charge in [-0.15, -0.1) is 5.10 Å². The first-order valence-corrected chi connectivity index (χ1v) is 10.1. The van der Waals surface area contributed by atoms with E-state index in [-0.39, 0.29) is 12.7 Å². The Hall–Kier alpha value is -3.76. The molecule has 1 fully saturated rings. The van der Waals surface area contributed by atoms with E-state index in [2.05, 4.69) is 15.8 Å². The average Bonchev–Trinajstić information content (AvgIpc) is 3.56. The third-order valence-corrected chi connectivity index (χ3v) is 5.36. The molecule has 3 heterocycles. The highest BCUT2D eigenvalue weighted by Crippen LogP contribution is 2.30. The van der Waals surface area contributed by atoms with Gasteiger partial charge in [0, 0.05) is 11.8 Å². The molecule has 0 aliphatic carbocycles. The van der Waals surface area contributed by atoms with E-state index < -0.39 is 18.0 Å².